The molecule has 2 aromatic rings. The van der Waals surface area contributed by atoms with Crippen molar-refractivity contribution in [2.45, 2.75) is 44.9 Å². The van der Waals surface area contributed by atoms with Crippen LogP contribution in [0.2, 0.25) is 0 Å². The molecular weight excluding hydrogens is 356 g/mol. The number of benzene rings is 1. The van der Waals surface area contributed by atoms with Crippen LogP contribution >= 0.6 is 0 Å². The molecule has 4 rings (SSSR count). The Morgan fingerprint density at radius 3 is 2.68 bits per heavy atom. The lowest BCUT2D eigenvalue weighted by Gasteiger charge is -2.31. The highest BCUT2D eigenvalue weighted by Crippen LogP contribution is 2.29. The lowest BCUT2D eigenvalue weighted by Crippen LogP contribution is -2.40. The van der Waals surface area contributed by atoms with Crippen LogP contribution in [0, 0.1) is 6.92 Å². The van der Waals surface area contributed by atoms with Gasteiger partial charge in [-0.05, 0) is 31.7 Å². The standard InChI is InChI=1S/C21H26N4O3/c1-15-6-2-3-7-17(15)20-22-21(28-23-20)16-9-10-19(27)25(14-16)13-5-12-24-11-4-8-18(24)26/h2-3,6-7,16H,4-5,8-14H2,1H3. The maximum atomic E-state index is 12.3. The van der Waals surface area contributed by atoms with Gasteiger partial charge in [0.2, 0.25) is 23.5 Å². The molecule has 2 fully saturated rings. The molecule has 0 radical (unpaired) electrons. The maximum Gasteiger partial charge on any atom is 0.231 e. The number of carbonyl (C=O) groups is 2. The second-order valence-electron chi connectivity index (χ2n) is 7.68. The monoisotopic (exact) mass is 382 g/mol. The third-order valence-electron chi connectivity index (χ3n) is 5.70. The highest BCUT2D eigenvalue weighted by molar-refractivity contribution is 5.78. The molecule has 2 amide bonds. The van der Waals surface area contributed by atoms with Crippen LogP contribution in [-0.2, 0) is 9.59 Å². The van der Waals surface area contributed by atoms with Crippen LogP contribution in [0.5, 0.6) is 0 Å². The number of aromatic nitrogens is 2. The predicted molar refractivity (Wildman–Crippen MR) is 103 cm³/mol. The van der Waals surface area contributed by atoms with Gasteiger partial charge in [-0.2, -0.15) is 4.98 Å². The molecule has 2 aliphatic rings. The number of carbonyl (C=O) groups excluding carboxylic acids is 2. The molecule has 3 heterocycles. The van der Waals surface area contributed by atoms with Crippen LogP contribution in [0.1, 0.15) is 49.5 Å². The van der Waals surface area contributed by atoms with E-state index in [9.17, 15) is 9.59 Å². The number of hydrogen-bond acceptors (Lipinski definition) is 5. The van der Waals surface area contributed by atoms with Crippen molar-refractivity contribution in [3.8, 4) is 11.4 Å². The Morgan fingerprint density at radius 2 is 1.89 bits per heavy atom. The molecule has 0 spiro atoms. The predicted octanol–water partition coefficient (Wildman–Crippen LogP) is 2.76. The Balaban J connectivity index is 1.37. The minimum atomic E-state index is 0.0661. The number of piperidine rings is 1. The van der Waals surface area contributed by atoms with E-state index in [4.69, 9.17) is 4.52 Å². The van der Waals surface area contributed by atoms with Gasteiger partial charge in [0.25, 0.3) is 0 Å². The highest BCUT2D eigenvalue weighted by Gasteiger charge is 2.30. The van der Waals surface area contributed by atoms with Crippen LogP contribution < -0.4 is 0 Å². The van der Waals surface area contributed by atoms with Gasteiger partial charge in [-0.25, -0.2) is 0 Å². The average molecular weight is 382 g/mol. The Morgan fingerprint density at radius 1 is 1.11 bits per heavy atom. The number of aryl methyl sites for hydroxylation is 1. The molecular formula is C21H26N4O3. The molecule has 0 saturated carbocycles. The summed E-state index contributed by atoms with van der Waals surface area (Å²) >= 11 is 0. The molecule has 2 aliphatic heterocycles. The van der Waals surface area contributed by atoms with Crippen LogP contribution in [0.4, 0.5) is 0 Å². The minimum absolute atomic E-state index is 0.0661. The zero-order chi connectivity index (χ0) is 19.5. The van der Waals surface area contributed by atoms with Gasteiger partial charge in [-0.3, -0.25) is 9.59 Å². The second kappa shape index (κ2) is 8.12. The zero-order valence-electron chi connectivity index (χ0n) is 16.3. The Labute approximate surface area is 164 Å². The fraction of sp³-hybridized carbons (Fsp3) is 0.524. The third kappa shape index (κ3) is 3.93. The summed E-state index contributed by atoms with van der Waals surface area (Å²) in [5.74, 6) is 1.67. The number of nitrogens with zero attached hydrogens (tertiary/aromatic N) is 4. The normalized spacial score (nSPS) is 20.2. The van der Waals surface area contributed by atoms with E-state index in [1.54, 1.807) is 0 Å². The Bertz CT molecular complexity index is 863. The van der Waals surface area contributed by atoms with E-state index in [2.05, 4.69) is 10.1 Å². The second-order valence-corrected chi connectivity index (χ2v) is 7.68. The van der Waals surface area contributed by atoms with E-state index in [1.165, 1.54) is 0 Å². The van der Waals surface area contributed by atoms with Gasteiger partial charge in [0, 0.05) is 44.6 Å². The van der Waals surface area contributed by atoms with E-state index in [1.807, 2.05) is 41.0 Å². The van der Waals surface area contributed by atoms with Crippen LogP contribution in [0.3, 0.4) is 0 Å². The molecule has 148 valence electrons. The van der Waals surface area contributed by atoms with Crippen LogP contribution in [-0.4, -0.2) is 57.9 Å². The van der Waals surface area contributed by atoms with Gasteiger partial charge in [-0.1, -0.05) is 29.4 Å². The summed E-state index contributed by atoms with van der Waals surface area (Å²) in [6.45, 7) is 4.86. The first kappa shape index (κ1) is 18.7. The van der Waals surface area contributed by atoms with Gasteiger partial charge < -0.3 is 14.3 Å². The van der Waals surface area contributed by atoms with Gasteiger partial charge in [0.15, 0.2) is 0 Å². The molecule has 0 bridgehead atoms. The minimum Gasteiger partial charge on any atom is -0.343 e. The van der Waals surface area contributed by atoms with Crippen molar-refractivity contribution in [3.05, 3.63) is 35.7 Å². The quantitative estimate of drug-likeness (QED) is 0.767. The summed E-state index contributed by atoms with van der Waals surface area (Å²) in [5.41, 5.74) is 2.07. The molecule has 7 nitrogen and oxygen atoms in total. The highest BCUT2D eigenvalue weighted by atomic mass is 16.5. The van der Waals surface area contributed by atoms with Crippen molar-refractivity contribution >= 4 is 11.8 Å². The topological polar surface area (TPSA) is 79.5 Å². The van der Waals surface area contributed by atoms with E-state index in [-0.39, 0.29) is 17.7 Å². The van der Waals surface area contributed by atoms with Gasteiger partial charge >= 0.3 is 0 Å². The van der Waals surface area contributed by atoms with E-state index < -0.39 is 0 Å². The van der Waals surface area contributed by atoms with Crippen molar-refractivity contribution in [1.29, 1.82) is 0 Å². The molecule has 1 unspecified atom stereocenters. The van der Waals surface area contributed by atoms with E-state index in [0.717, 1.165) is 43.5 Å². The fourth-order valence-corrected chi connectivity index (χ4v) is 4.06. The van der Waals surface area contributed by atoms with Crippen molar-refractivity contribution in [2.75, 3.05) is 26.2 Å². The first-order chi connectivity index (χ1) is 13.6. The van der Waals surface area contributed by atoms with Gasteiger partial charge in [-0.15, -0.1) is 0 Å². The van der Waals surface area contributed by atoms with Crippen LogP contribution in [0.25, 0.3) is 11.4 Å². The Hall–Kier alpha value is -2.70. The lowest BCUT2D eigenvalue weighted by molar-refractivity contribution is -0.134. The molecule has 1 aromatic carbocycles. The number of likely N-dealkylation sites (tertiary alicyclic amines) is 2. The molecule has 1 atom stereocenters. The summed E-state index contributed by atoms with van der Waals surface area (Å²) in [6.07, 6.45) is 3.64. The smallest absolute Gasteiger partial charge is 0.231 e. The summed E-state index contributed by atoms with van der Waals surface area (Å²) < 4.78 is 5.54. The van der Waals surface area contributed by atoms with Crippen molar-refractivity contribution in [1.82, 2.24) is 19.9 Å². The molecule has 7 heteroatoms. The summed E-state index contributed by atoms with van der Waals surface area (Å²) in [7, 11) is 0. The third-order valence-corrected chi connectivity index (χ3v) is 5.70. The molecule has 0 aliphatic carbocycles. The first-order valence-electron chi connectivity index (χ1n) is 10.1. The van der Waals surface area contributed by atoms with Crippen molar-refractivity contribution in [2.24, 2.45) is 0 Å². The van der Waals surface area contributed by atoms with Gasteiger partial charge in [0.1, 0.15) is 0 Å². The van der Waals surface area contributed by atoms with E-state index in [0.29, 0.717) is 37.6 Å². The molecule has 28 heavy (non-hydrogen) atoms. The number of hydrogen-bond donors (Lipinski definition) is 0. The van der Waals surface area contributed by atoms with Crippen molar-refractivity contribution in [3.63, 3.8) is 0 Å². The number of amides is 2. The zero-order valence-corrected chi connectivity index (χ0v) is 16.3. The van der Waals surface area contributed by atoms with Crippen LogP contribution in [0.15, 0.2) is 28.8 Å². The molecule has 0 N–H and O–H groups in total. The van der Waals surface area contributed by atoms with E-state index >= 15 is 0 Å². The number of rotatable bonds is 6. The maximum absolute atomic E-state index is 12.3. The molecule has 1 aromatic heterocycles. The van der Waals surface area contributed by atoms with Crippen molar-refractivity contribution < 1.29 is 14.1 Å². The SMILES string of the molecule is Cc1ccccc1-c1noc(C2CCC(=O)N(CCCN3CCCC3=O)C2)n1. The molecule has 2 saturated heterocycles. The average Bonchev–Trinajstić information content (AvgIpc) is 3.33. The Kier molecular flexibility index (Phi) is 5.41. The lowest BCUT2D eigenvalue weighted by atomic mass is 9.97. The van der Waals surface area contributed by atoms with Gasteiger partial charge in [0.05, 0.1) is 5.92 Å². The summed E-state index contributed by atoms with van der Waals surface area (Å²) in [5, 5.41) is 4.16. The largest absolute Gasteiger partial charge is 0.343 e. The first-order valence-corrected chi connectivity index (χ1v) is 10.1. The fourth-order valence-electron chi connectivity index (χ4n) is 4.06. The summed E-state index contributed by atoms with van der Waals surface area (Å²) in [6, 6.07) is 7.96. The summed E-state index contributed by atoms with van der Waals surface area (Å²) in [4.78, 5) is 32.4.